The average molecular weight is 242 g/mol. The molecule has 6 heteroatoms. The molecule has 0 atom stereocenters. The lowest BCUT2D eigenvalue weighted by Gasteiger charge is -2.09. The maximum Gasteiger partial charge on any atom is 0.417 e. The van der Waals surface area contributed by atoms with Gasteiger partial charge in [0, 0.05) is 12.4 Å². The Morgan fingerprint density at radius 2 is 2.12 bits per heavy atom. The third-order valence-corrected chi connectivity index (χ3v) is 2.27. The van der Waals surface area contributed by atoms with Crippen molar-refractivity contribution in [1.29, 1.82) is 0 Å². The van der Waals surface area contributed by atoms with Gasteiger partial charge in [-0.2, -0.15) is 13.2 Å². The molecule has 0 amide bonds. The lowest BCUT2D eigenvalue weighted by atomic mass is 10.1. The minimum atomic E-state index is -4.45. The Hall–Kier alpha value is -1.85. The number of aryl methyl sites for hydroxylation is 1. The predicted molar refractivity (Wildman–Crippen MR) is 54.1 cm³/mol. The first-order valence-electron chi connectivity index (χ1n) is 4.98. The fourth-order valence-electron chi connectivity index (χ4n) is 1.41. The Morgan fingerprint density at radius 3 is 2.71 bits per heavy atom. The van der Waals surface area contributed by atoms with E-state index in [1.165, 1.54) is 6.26 Å². The van der Waals surface area contributed by atoms with Crippen LogP contribution in [-0.2, 0) is 12.6 Å². The molecule has 3 nitrogen and oxygen atoms in total. The summed E-state index contributed by atoms with van der Waals surface area (Å²) in [5, 5.41) is 0. The number of halogens is 3. The third-order valence-electron chi connectivity index (χ3n) is 2.27. The number of pyridine rings is 1. The maximum absolute atomic E-state index is 12.7. The molecule has 0 saturated heterocycles. The minimum absolute atomic E-state index is 0.0534. The molecule has 0 spiro atoms. The molecule has 2 rings (SSSR count). The van der Waals surface area contributed by atoms with Gasteiger partial charge in [0.25, 0.3) is 0 Å². The number of alkyl halides is 3. The molecule has 0 aliphatic carbocycles. The highest BCUT2D eigenvalue weighted by atomic mass is 19.4. The van der Waals surface area contributed by atoms with Crippen molar-refractivity contribution in [2.75, 3.05) is 0 Å². The zero-order chi connectivity index (χ0) is 12.5. The fourth-order valence-corrected chi connectivity index (χ4v) is 1.41. The van der Waals surface area contributed by atoms with Crippen LogP contribution >= 0.6 is 0 Å². The van der Waals surface area contributed by atoms with E-state index < -0.39 is 11.7 Å². The molecule has 0 bridgehead atoms. The minimum Gasteiger partial charge on any atom is -0.444 e. The highest BCUT2D eigenvalue weighted by Gasteiger charge is 2.34. The highest BCUT2D eigenvalue weighted by molar-refractivity contribution is 5.58. The molecule has 90 valence electrons. The van der Waals surface area contributed by atoms with Gasteiger partial charge in [0.05, 0.1) is 16.8 Å². The molecule has 0 aliphatic rings. The molecule has 0 radical (unpaired) electrons. The van der Waals surface area contributed by atoms with Gasteiger partial charge in [-0.3, -0.25) is 4.98 Å². The van der Waals surface area contributed by atoms with Crippen LogP contribution in [0.5, 0.6) is 0 Å². The zero-order valence-corrected chi connectivity index (χ0v) is 8.95. The molecule has 0 N–H and O–H groups in total. The van der Waals surface area contributed by atoms with Crippen molar-refractivity contribution in [3.05, 3.63) is 36.0 Å². The van der Waals surface area contributed by atoms with Gasteiger partial charge in [0.1, 0.15) is 6.26 Å². The van der Waals surface area contributed by atoms with Crippen LogP contribution in [0.3, 0.4) is 0 Å². The maximum atomic E-state index is 12.7. The van der Waals surface area contributed by atoms with Gasteiger partial charge >= 0.3 is 6.18 Å². The number of aromatic nitrogens is 2. The van der Waals surface area contributed by atoms with Gasteiger partial charge in [-0.1, -0.05) is 6.92 Å². The van der Waals surface area contributed by atoms with Crippen LogP contribution in [0.15, 0.2) is 29.1 Å². The summed E-state index contributed by atoms with van der Waals surface area (Å²) >= 11 is 0. The smallest absolute Gasteiger partial charge is 0.417 e. The Morgan fingerprint density at radius 1 is 1.35 bits per heavy atom. The van der Waals surface area contributed by atoms with E-state index in [4.69, 9.17) is 4.42 Å². The van der Waals surface area contributed by atoms with Crippen LogP contribution in [0, 0.1) is 0 Å². The molecule has 17 heavy (non-hydrogen) atoms. The molecular weight excluding hydrogens is 233 g/mol. The molecule has 0 saturated carbocycles. The zero-order valence-electron chi connectivity index (χ0n) is 8.95. The third kappa shape index (κ3) is 2.30. The first-order chi connectivity index (χ1) is 8.02. The first-order valence-corrected chi connectivity index (χ1v) is 4.98. The normalized spacial score (nSPS) is 11.8. The van der Waals surface area contributed by atoms with E-state index >= 15 is 0 Å². The van der Waals surface area contributed by atoms with Crippen LogP contribution in [-0.4, -0.2) is 9.97 Å². The van der Waals surface area contributed by atoms with Crippen LogP contribution < -0.4 is 0 Å². The molecule has 2 aromatic rings. The van der Waals surface area contributed by atoms with Crippen molar-refractivity contribution in [1.82, 2.24) is 9.97 Å². The van der Waals surface area contributed by atoms with Crippen molar-refractivity contribution in [3.8, 4) is 11.5 Å². The summed E-state index contributed by atoms with van der Waals surface area (Å²) in [6.07, 6.45) is -0.295. The summed E-state index contributed by atoms with van der Waals surface area (Å²) in [7, 11) is 0. The van der Waals surface area contributed by atoms with E-state index in [0.29, 0.717) is 12.1 Å². The standard InChI is InChI=1S/C11H9F3N2O/c1-2-7-6-17-10(16-7)8-5-15-4-3-9(8)11(12,13)14/h3-6H,2H2,1H3. The quantitative estimate of drug-likeness (QED) is 0.810. The van der Waals surface area contributed by atoms with Gasteiger partial charge in [-0.05, 0) is 12.5 Å². The SMILES string of the molecule is CCc1coc(-c2cnccc2C(F)(F)F)n1. The van der Waals surface area contributed by atoms with E-state index in [1.54, 1.807) is 0 Å². The Balaban J connectivity index is 2.52. The second-order valence-corrected chi connectivity index (χ2v) is 3.42. The number of hydrogen-bond donors (Lipinski definition) is 0. The molecule has 0 unspecified atom stereocenters. The Bertz CT molecular complexity index is 519. The second kappa shape index (κ2) is 4.20. The number of oxazole rings is 1. The Kier molecular flexibility index (Phi) is 2.87. The summed E-state index contributed by atoms with van der Waals surface area (Å²) < 4.78 is 43.2. The van der Waals surface area contributed by atoms with Crippen molar-refractivity contribution >= 4 is 0 Å². The lowest BCUT2D eigenvalue weighted by Crippen LogP contribution is -2.07. The van der Waals surface area contributed by atoms with Gasteiger partial charge < -0.3 is 4.42 Å². The number of nitrogens with zero attached hydrogens (tertiary/aromatic N) is 2. The van der Waals surface area contributed by atoms with Gasteiger partial charge in [0.15, 0.2) is 0 Å². The van der Waals surface area contributed by atoms with Crippen LogP contribution in [0.1, 0.15) is 18.2 Å². The summed E-state index contributed by atoms with van der Waals surface area (Å²) in [6, 6.07) is 0.908. The van der Waals surface area contributed by atoms with E-state index in [-0.39, 0.29) is 11.5 Å². The largest absolute Gasteiger partial charge is 0.444 e. The van der Waals surface area contributed by atoms with E-state index in [1.807, 2.05) is 6.92 Å². The monoisotopic (exact) mass is 242 g/mol. The van der Waals surface area contributed by atoms with Gasteiger partial charge in [-0.25, -0.2) is 4.98 Å². The van der Waals surface area contributed by atoms with E-state index in [9.17, 15) is 13.2 Å². The first kappa shape index (κ1) is 11.6. The molecule has 0 aliphatic heterocycles. The average Bonchev–Trinajstić information content (AvgIpc) is 2.76. The van der Waals surface area contributed by atoms with Gasteiger partial charge in [-0.15, -0.1) is 0 Å². The predicted octanol–water partition coefficient (Wildman–Crippen LogP) is 3.32. The van der Waals surface area contributed by atoms with E-state index in [2.05, 4.69) is 9.97 Å². The summed E-state index contributed by atoms with van der Waals surface area (Å²) in [5.74, 6) is -0.0534. The molecule has 0 fully saturated rings. The highest BCUT2D eigenvalue weighted by Crippen LogP contribution is 2.35. The van der Waals surface area contributed by atoms with Crippen LogP contribution in [0.2, 0.25) is 0 Å². The lowest BCUT2D eigenvalue weighted by molar-refractivity contribution is -0.137. The van der Waals surface area contributed by atoms with Crippen LogP contribution in [0.25, 0.3) is 11.5 Å². The molecule has 0 aromatic carbocycles. The van der Waals surface area contributed by atoms with Crippen molar-refractivity contribution in [2.24, 2.45) is 0 Å². The fraction of sp³-hybridized carbons (Fsp3) is 0.273. The van der Waals surface area contributed by atoms with Crippen LogP contribution in [0.4, 0.5) is 13.2 Å². The number of rotatable bonds is 2. The Labute approximate surface area is 95.3 Å². The summed E-state index contributed by atoms with van der Waals surface area (Å²) in [5.41, 5.74) is -0.325. The molecule has 2 heterocycles. The van der Waals surface area contributed by atoms with Crippen molar-refractivity contribution < 1.29 is 17.6 Å². The topological polar surface area (TPSA) is 38.9 Å². The molecular formula is C11H9F3N2O. The number of hydrogen-bond acceptors (Lipinski definition) is 3. The van der Waals surface area contributed by atoms with Crippen molar-refractivity contribution in [3.63, 3.8) is 0 Å². The van der Waals surface area contributed by atoms with Crippen molar-refractivity contribution in [2.45, 2.75) is 19.5 Å². The molecule has 2 aromatic heterocycles. The van der Waals surface area contributed by atoms with E-state index in [0.717, 1.165) is 18.5 Å². The summed E-state index contributed by atoms with van der Waals surface area (Å²) in [4.78, 5) is 7.64. The second-order valence-electron chi connectivity index (χ2n) is 3.42. The summed E-state index contributed by atoms with van der Waals surface area (Å²) in [6.45, 7) is 1.84. The van der Waals surface area contributed by atoms with Gasteiger partial charge in [0.2, 0.25) is 5.89 Å².